The van der Waals surface area contributed by atoms with Crippen LogP contribution in [0.2, 0.25) is 0 Å². The Bertz CT molecular complexity index is 418. The second-order valence-corrected chi connectivity index (χ2v) is 8.28. The number of nitrogens with one attached hydrogen (secondary N) is 1. The molecule has 2 rings (SSSR count). The molecule has 0 aromatic carbocycles. The highest BCUT2D eigenvalue weighted by Crippen LogP contribution is 2.26. The highest BCUT2D eigenvalue weighted by molar-refractivity contribution is 9.10. The van der Waals surface area contributed by atoms with E-state index in [1.807, 2.05) is 11.3 Å². The van der Waals surface area contributed by atoms with Crippen LogP contribution >= 0.6 is 27.3 Å². The maximum atomic E-state index is 3.76. The molecular formula is C16H27BrN2S. The third-order valence-electron chi connectivity index (χ3n) is 4.58. The minimum atomic E-state index is 0.624. The number of hydrogen-bond acceptors (Lipinski definition) is 3. The predicted molar refractivity (Wildman–Crippen MR) is 92.3 cm³/mol. The second-order valence-electron chi connectivity index (χ2n) is 6.37. The van der Waals surface area contributed by atoms with E-state index >= 15 is 0 Å². The van der Waals surface area contributed by atoms with Crippen molar-refractivity contribution >= 4 is 27.3 Å². The normalized spacial score (nSPS) is 26.1. The van der Waals surface area contributed by atoms with Crippen LogP contribution in [0, 0.1) is 11.8 Å². The molecule has 1 fully saturated rings. The minimum Gasteiger partial charge on any atom is -0.311 e. The number of hydrogen-bond donors (Lipinski definition) is 1. The van der Waals surface area contributed by atoms with Crippen LogP contribution in [0.3, 0.4) is 0 Å². The lowest BCUT2D eigenvalue weighted by atomic mass is 9.92. The Hall–Kier alpha value is 0.1000. The topological polar surface area (TPSA) is 15.3 Å². The van der Waals surface area contributed by atoms with E-state index in [2.05, 4.69) is 65.3 Å². The Morgan fingerprint density at radius 3 is 2.75 bits per heavy atom. The molecule has 3 atom stereocenters. The van der Waals surface area contributed by atoms with Crippen LogP contribution in [0.25, 0.3) is 0 Å². The molecule has 4 heteroatoms. The number of thiophene rings is 1. The van der Waals surface area contributed by atoms with E-state index in [1.165, 1.54) is 22.3 Å². The summed E-state index contributed by atoms with van der Waals surface area (Å²) in [5.74, 6) is 1.45. The molecular weight excluding hydrogens is 332 g/mol. The number of nitrogens with zero attached hydrogens (tertiary/aromatic N) is 1. The van der Waals surface area contributed by atoms with Crippen LogP contribution in [-0.4, -0.2) is 30.1 Å². The van der Waals surface area contributed by atoms with Crippen LogP contribution in [0.5, 0.6) is 0 Å². The first-order valence-corrected chi connectivity index (χ1v) is 9.38. The van der Waals surface area contributed by atoms with Crippen molar-refractivity contribution in [3.05, 3.63) is 20.8 Å². The third kappa shape index (κ3) is 4.06. The van der Waals surface area contributed by atoms with Crippen molar-refractivity contribution in [2.24, 2.45) is 11.8 Å². The third-order valence-corrected chi connectivity index (χ3v) is 6.26. The van der Waals surface area contributed by atoms with Gasteiger partial charge in [0.25, 0.3) is 0 Å². The van der Waals surface area contributed by atoms with Gasteiger partial charge in [-0.2, -0.15) is 0 Å². The Balaban J connectivity index is 2.08. The zero-order chi connectivity index (χ0) is 14.7. The van der Waals surface area contributed by atoms with Crippen LogP contribution in [0.15, 0.2) is 15.9 Å². The standard InChI is InChI=1S/C16H27BrN2S/c1-5-12(4)16-7-18-15(11(2)3)9-19(16)8-14-6-13(17)10-20-14/h6,10-12,15-16,18H,5,7-9H2,1-4H3. The van der Waals surface area contributed by atoms with Gasteiger partial charge >= 0.3 is 0 Å². The lowest BCUT2D eigenvalue weighted by Crippen LogP contribution is -2.59. The van der Waals surface area contributed by atoms with Gasteiger partial charge in [0.2, 0.25) is 0 Å². The molecule has 2 heterocycles. The number of rotatable bonds is 5. The molecule has 1 aliphatic rings. The van der Waals surface area contributed by atoms with Gasteiger partial charge in [-0.15, -0.1) is 11.3 Å². The van der Waals surface area contributed by atoms with Crippen molar-refractivity contribution in [3.8, 4) is 0 Å². The average Bonchev–Trinajstić information content (AvgIpc) is 2.83. The Labute approximate surface area is 136 Å². The van der Waals surface area contributed by atoms with Gasteiger partial charge in [0.15, 0.2) is 0 Å². The molecule has 1 saturated heterocycles. The molecule has 1 N–H and O–H groups in total. The number of halogens is 1. The monoisotopic (exact) mass is 358 g/mol. The van der Waals surface area contributed by atoms with Crippen LogP contribution < -0.4 is 5.32 Å². The molecule has 1 aliphatic heterocycles. The van der Waals surface area contributed by atoms with E-state index in [0.717, 1.165) is 19.0 Å². The van der Waals surface area contributed by atoms with E-state index < -0.39 is 0 Å². The highest BCUT2D eigenvalue weighted by Gasteiger charge is 2.32. The smallest absolute Gasteiger partial charge is 0.0332 e. The van der Waals surface area contributed by atoms with Gasteiger partial charge in [-0.25, -0.2) is 0 Å². The van der Waals surface area contributed by atoms with E-state index in [1.54, 1.807) is 0 Å². The SMILES string of the molecule is CCC(C)C1CNC(C(C)C)CN1Cc1cc(Br)cs1. The molecule has 0 amide bonds. The molecule has 1 aromatic rings. The molecule has 1 aromatic heterocycles. The summed E-state index contributed by atoms with van der Waals surface area (Å²) in [6.45, 7) is 12.7. The van der Waals surface area contributed by atoms with E-state index in [-0.39, 0.29) is 0 Å². The average molecular weight is 359 g/mol. The summed E-state index contributed by atoms with van der Waals surface area (Å²) in [7, 11) is 0. The van der Waals surface area contributed by atoms with Gasteiger partial charge in [0.05, 0.1) is 0 Å². The summed E-state index contributed by atoms with van der Waals surface area (Å²) in [6, 6.07) is 3.56. The van der Waals surface area contributed by atoms with Crippen molar-refractivity contribution < 1.29 is 0 Å². The van der Waals surface area contributed by atoms with Crippen molar-refractivity contribution in [3.63, 3.8) is 0 Å². The first kappa shape index (κ1) is 16.5. The molecule has 20 heavy (non-hydrogen) atoms. The van der Waals surface area contributed by atoms with Crippen LogP contribution in [0.4, 0.5) is 0 Å². The molecule has 114 valence electrons. The predicted octanol–water partition coefficient (Wildman–Crippen LogP) is 4.36. The molecule has 0 spiro atoms. The second kappa shape index (κ2) is 7.39. The molecule has 0 bridgehead atoms. The van der Waals surface area contributed by atoms with Crippen molar-refractivity contribution in [1.82, 2.24) is 10.2 Å². The zero-order valence-corrected chi connectivity index (χ0v) is 15.4. The van der Waals surface area contributed by atoms with E-state index in [4.69, 9.17) is 0 Å². The summed E-state index contributed by atoms with van der Waals surface area (Å²) in [5.41, 5.74) is 0. The molecule has 0 aliphatic carbocycles. The summed E-state index contributed by atoms with van der Waals surface area (Å²) in [5, 5.41) is 5.95. The fraction of sp³-hybridized carbons (Fsp3) is 0.750. The first-order valence-electron chi connectivity index (χ1n) is 7.71. The van der Waals surface area contributed by atoms with Crippen molar-refractivity contribution in [2.75, 3.05) is 13.1 Å². The Kier molecular flexibility index (Phi) is 6.09. The van der Waals surface area contributed by atoms with E-state index in [0.29, 0.717) is 18.0 Å². The van der Waals surface area contributed by atoms with Gasteiger partial charge in [0, 0.05) is 46.4 Å². The largest absolute Gasteiger partial charge is 0.311 e. The Morgan fingerprint density at radius 1 is 1.45 bits per heavy atom. The minimum absolute atomic E-state index is 0.624. The zero-order valence-electron chi connectivity index (χ0n) is 13.0. The lowest BCUT2D eigenvalue weighted by Gasteiger charge is -2.44. The maximum Gasteiger partial charge on any atom is 0.0332 e. The van der Waals surface area contributed by atoms with Gasteiger partial charge in [-0.05, 0) is 33.8 Å². The van der Waals surface area contributed by atoms with Crippen LogP contribution in [0.1, 0.15) is 39.0 Å². The summed E-state index contributed by atoms with van der Waals surface area (Å²) in [6.07, 6.45) is 1.25. The number of piperazine rings is 1. The summed E-state index contributed by atoms with van der Waals surface area (Å²) < 4.78 is 1.22. The molecule has 2 nitrogen and oxygen atoms in total. The quantitative estimate of drug-likeness (QED) is 0.841. The van der Waals surface area contributed by atoms with Crippen LogP contribution in [-0.2, 0) is 6.54 Å². The van der Waals surface area contributed by atoms with Gasteiger partial charge in [-0.3, -0.25) is 4.90 Å². The lowest BCUT2D eigenvalue weighted by molar-refractivity contribution is 0.0731. The molecule has 0 saturated carbocycles. The van der Waals surface area contributed by atoms with Gasteiger partial charge in [-0.1, -0.05) is 34.1 Å². The first-order chi connectivity index (χ1) is 9.51. The van der Waals surface area contributed by atoms with Crippen molar-refractivity contribution in [1.29, 1.82) is 0 Å². The molecule has 0 radical (unpaired) electrons. The Morgan fingerprint density at radius 2 is 2.20 bits per heavy atom. The highest BCUT2D eigenvalue weighted by atomic mass is 79.9. The van der Waals surface area contributed by atoms with Gasteiger partial charge < -0.3 is 5.32 Å². The van der Waals surface area contributed by atoms with Crippen molar-refractivity contribution in [2.45, 2.75) is 52.7 Å². The fourth-order valence-corrected chi connectivity index (χ4v) is 4.43. The summed E-state index contributed by atoms with van der Waals surface area (Å²) >= 11 is 5.43. The fourth-order valence-electron chi connectivity index (χ4n) is 2.95. The maximum absolute atomic E-state index is 3.76. The summed E-state index contributed by atoms with van der Waals surface area (Å²) in [4.78, 5) is 4.17. The van der Waals surface area contributed by atoms with Gasteiger partial charge in [0.1, 0.15) is 0 Å². The van der Waals surface area contributed by atoms with E-state index in [9.17, 15) is 0 Å². The molecule has 3 unspecified atom stereocenters.